The minimum atomic E-state index is -0.617. The third-order valence-electron chi connectivity index (χ3n) is 2.15. The van der Waals surface area contributed by atoms with Crippen LogP contribution in [0.2, 0.25) is 0 Å². The Morgan fingerprint density at radius 1 is 1.62 bits per heavy atom. The van der Waals surface area contributed by atoms with Gasteiger partial charge in [-0.2, -0.15) is 0 Å². The highest BCUT2D eigenvalue weighted by molar-refractivity contribution is 8.72. The molecule has 1 fully saturated rings. The molecule has 0 aromatic carbocycles. The van der Waals surface area contributed by atoms with Gasteiger partial charge in [-0.15, -0.1) is 0 Å². The van der Waals surface area contributed by atoms with Crippen LogP contribution in [0.1, 0.15) is 39.0 Å². The van der Waals surface area contributed by atoms with E-state index in [-0.39, 0.29) is 5.78 Å². The molecule has 4 heteroatoms. The molecular formula is C9H16O2S2. The minimum absolute atomic E-state index is 0.280. The quantitative estimate of drug-likeness (QED) is 0.405. The van der Waals surface area contributed by atoms with Gasteiger partial charge in [0, 0.05) is 23.0 Å². The zero-order valence-electron chi connectivity index (χ0n) is 7.95. The van der Waals surface area contributed by atoms with Gasteiger partial charge in [0.2, 0.25) is 0 Å². The van der Waals surface area contributed by atoms with Crippen LogP contribution in [0.5, 0.6) is 0 Å². The molecule has 0 spiro atoms. The van der Waals surface area contributed by atoms with E-state index in [0.717, 1.165) is 31.4 Å². The fourth-order valence-electron chi connectivity index (χ4n) is 1.41. The Kier molecular flexibility index (Phi) is 5.21. The van der Waals surface area contributed by atoms with Crippen LogP contribution < -0.4 is 0 Å². The number of hydrogen-bond acceptors (Lipinski definition) is 3. The van der Waals surface area contributed by atoms with Crippen LogP contribution in [0.3, 0.4) is 0 Å². The molecule has 0 aromatic rings. The highest BCUT2D eigenvalue weighted by Crippen LogP contribution is 2.34. The van der Waals surface area contributed by atoms with Gasteiger partial charge in [-0.1, -0.05) is 6.42 Å². The first-order valence-electron chi connectivity index (χ1n) is 4.73. The van der Waals surface area contributed by atoms with Gasteiger partial charge >= 0.3 is 0 Å². The summed E-state index contributed by atoms with van der Waals surface area (Å²) in [6.07, 6.45) is 5.04. The highest BCUT2D eigenvalue weighted by Gasteiger charge is 2.27. The maximum Gasteiger partial charge on any atom is 0.129 e. The van der Waals surface area contributed by atoms with Crippen molar-refractivity contribution in [3.63, 3.8) is 0 Å². The Morgan fingerprint density at radius 2 is 2.38 bits per heavy atom. The molecule has 2 nitrogen and oxygen atoms in total. The van der Waals surface area contributed by atoms with Gasteiger partial charge in [-0.05, 0) is 19.8 Å². The predicted molar refractivity (Wildman–Crippen MR) is 58.2 cm³/mol. The lowest BCUT2D eigenvalue weighted by Gasteiger charge is -2.03. The third-order valence-corrected chi connectivity index (χ3v) is 5.64. The molecule has 0 aromatic heterocycles. The Bertz CT molecular complexity index is 173. The Morgan fingerprint density at radius 3 is 2.92 bits per heavy atom. The van der Waals surface area contributed by atoms with Crippen molar-refractivity contribution in [2.45, 2.75) is 44.3 Å². The van der Waals surface area contributed by atoms with Crippen LogP contribution in [0, 0.1) is 0 Å². The zero-order chi connectivity index (χ0) is 9.68. The lowest BCUT2D eigenvalue weighted by Crippen LogP contribution is -1.98. The Balaban J connectivity index is 1.97. The summed E-state index contributed by atoms with van der Waals surface area (Å²) in [6.45, 7) is 1.64. The van der Waals surface area contributed by atoms with Crippen molar-refractivity contribution in [3.8, 4) is 0 Å². The summed E-state index contributed by atoms with van der Waals surface area (Å²) in [5, 5.41) is 0.591. The molecule has 2 atom stereocenters. The molecule has 0 saturated carbocycles. The molecule has 2 unspecified atom stereocenters. The van der Waals surface area contributed by atoms with Crippen molar-refractivity contribution in [1.82, 2.24) is 0 Å². The standard InChI is InChI=1S/C9H16O2S2/c1-8(10)4-2-3-5-9-6-7-13(11)12-9/h9H,2-7H2,1H3. The molecule has 13 heavy (non-hydrogen) atoms. The molecule has 1 rings (SSSR count). The zero-order valence-corrected chi connectivity index (χ0v) is 9.59. The van der Waals surface area contributed by atoms with E-state index in [4.69, 9.17) is 0 Å². The van der Waals surface area contributed by atoms with Crippen molar-refractivity contribution in [3.05, 3.63) is 0 Å². The lowest BCUT2D eigenvalue weighted by molar-refractivity contribution is -0.117. The molecule has 0 N–H and O–H groups in total. The number of carbonyl (C=O) groups excluding carboxylic acids is 1. The molecule has 1 saturated heterocycles. The van der Waals surface area contributed by atoms with Gasteiger partial charge in [0.25, 0.3) is 0 Å². The molecule has 1 aliphatic heterocycles. The molecule has 76 valence electrons. The topological polar surface area (TPSA) is 40.1 Å². The number of carbonyl (C=O) groups is 1. The van der Waals surface area contributed by atoms with Gasteiger partial charge in [0.05, 0.1) is 16.0 Å². The average molecular weight is 220 g/mol. The van der Waals surface area contributed by atoms with E-state index >= 15 is 0 Å². The minimum Gasteiger partial charge on any atom is -0.605 e. The van der Waals surface area contributed by atoms with E-state index in [1.54, 1.807) is 17.7 Å². The first-order chi connectivity index (χ1) is 6.18. The van der Waals surface area contributed by atoms with Crippen molar-refractivity contribution in [2.24, 2.45) is 0 Å². The highest BCUT2D eigenvalue weighted by atomic mass is 33.1. The van der Waals surface area contributed by atoms with Gasteiger partial charge in [0.1, 0.15) is 11.5 Å². The molecule has 0 bridgehead atoms. The predicted octanol–water partition coefficient (Wildman–Crippen LogP) is 2.31. The second-order valence-electron chi connectivity index (χ2n) is 3.46. The van der Waals surface area contributed by atoms with Crippen LogP contribution in [-0.4, -0.2) is 21.3 Å². The summed E-state index contributed by atoms with van der Waals surface area (Å²) >= 11 is 0. The van der Waals surface area contributed by atoms with E-state index in [1.165, 1.54) is 0 Å². The van der Waals surface area contributed by atoms with Crippen molar-refractivity contribution in [2.75, 3.05) is 5.75 Å². The Hall–Kier alpha value is 0.330. The molecule has 0 radical (unpaired) electrons. The van der Waals surface area contributed by atoms with Crippen LogP contribution in [-0.2, 0) is 15.0 Å². The maximum absolute atomic E-state index is 11.0. The molecule has 0 aliphatic carbocycles. The molecular weight excluding hydrogens is 204 g/mol. The largest absolute Gasteiger partial charge is 0.605 e. The summed E-state index contributed by atoms with van der Waals surface area (Å²) in [5.41, 5.74) is 0. The van der Waals surface area contributed by atoms with E-state index in [1.807, 2.05) is 0 Å². The van der Waals surface area contributed by atoms with E-state index in [0.29, 0.717) is 11.7 Å². The van der Waals surface area contributed by atoms with E-state index < -0.39 is 10.2 Å². The van der Waals surface area contributed by atoms with Crippen molar-refractivity contribution < 1.29 is 9.35 Å². The van der Waals surface area contributed by atoms with Crippen molar-refractivity contribution in [1.29, 1.82) is 0 Å². The van der Waals surface area contributed by atoms with Gasteiger partial charge in [0.15, 0.2) is 0 Å². The second kappa shape index (κ2) is 5.94. The molecule has 0 amide bonds. The van der Waals surface area contributed by atoms with Gasteiger partial charge in [-0.25, -0.2) is 0 Å². The number of hydrogen-bond donors (Lipinski definition) is 0. The fourth-order valence-corrected chi connectivity index (χ4v) is 4.98. The van der Waals surface area contributed by atoms with Crippen LogP contribution in [0.15, 0.2) is 0 Å². The maximum atomic E-state index is 11.0. The summed E-state index contributed by atoms with van der Waals surface area (Å²) in [5.74, 6) is 1.14. The monoisotopic (exact) mass is 220 g/mol. The number of ketones is 1. The van der Waals surface area contributed by atoms with Gasteiger partial charge < -0.3 is 9.35 Å². The number of rotatable bonds is 5. The fraction of sp³-hybridized carbons (Fsp3) is 0.889. The number of unbranched alkanes of at least 4 members (excludes halogenated alkanes) is 1. The van der Waals surface area contributed by atoms with Crippen LogP contribution in [0.4, 0.5) is 0 Å². The summed E-state index contributed by atoms with van der Waals surface area (Å²) in [7, 11) is 0.994. The first-order valence-corrected chi connectivity index (χ1v) is 7.45. The molecule has 1 heterocycles. The normalized spacial score (nSPS) is 27.8. The smallest absolute Gasteiger partial charge is 0.129 e. The van der Waals surface area contributed by atoms with Crippen molar-refractivity contribution >= 4 is 26.8 Å². The SMILES string of the molecule is CC(=O)CCCCC1CC[S+]([O-])S1. The van der Waals surface area contributed by atoms with Crippen LogP contribution >= 0.6 is 10.8 Å². The average Bonchev–Trinajstić information content (AvgIpc) is 2.45. The summed E-state index contributed by atoms with van der Waals surface area (Å²) in [6, 6.07) is 0. The third kappa shape index (κ3) is 4.93. The lowest BCUT2D eigenvalue weighted by atomic mass is 10.1. The van der Waals surface area contributed by atoms with Gasteiger partial charge in [-0.3, -0.25) is 0 Å². The summed E-state index contributed by atoms with van der Waals surface area (Å²) < 4.78 is 11.0. The summed E-state index contributed by atoms with van der Waals surface area (Å²) in [4.78, 5) is 10.6. The Labute approximate surface area is 86.4 Å². The van der Waals surface area contributed by atoms with Crippen LogP contribution in [0.25, 0.3) is 0 Å². The first kappa shape index (κ1) is 11.4. The number of Topliss-reactive ketones (excluding diaryl/α,β-unsaturated/α-hetero) is 1. The molecule has 1 aliphatic rings. The van der Waals surface area contributed by atoms with E-state index in [9.17, 15) is 9.35 Å². The van der Waals surface area contributed by atoms with E-state index in [2.05, 4.69) is 0 Å². The second-order valence-corrected chi connectivity index (χ2v) is 7.03.